The molecule has 2 heterocycles. The minimum atomic E-state index is -0.883. The van der Waals surface area contributed by atoms with E-state index in [1.54, 1.807) is 0 Å². The van der Waals surface area contributed by atoms with Gasteiger partial charge in [-0.2, -0.15) is 0 Å². The fourth-order valence-electron chi connectivity index (χ4n) is 3.34. The van der Waals surface area contributed by atoms with Gasteiger partial charge in [0, 0.05) is 43.0 Å². The van der Waals surface area contributed by atoms with Gasteiger partial charge in [-0.15, -0.1) is 0 Å². The molecule has 27 heavy (non-hydrogen) atoms. The van der Waals surface area contributed by atoms with Crippen LogP contribution in [-0.4, -0.2) is 59.0 Å². The van der Waals surface area contributed by atoms with Crippen LogP contribution in [0.1, 0.15) is 0 Å². The summed E-state index contributed by atoms with van der Waals surface area (Å²) in [5.74, 6) is 0.611. The van der Waals surface area contributed by atoms with E-state index < -0.39 is 6.29 Å². The van der Waals surface area contributed by atoms with Gasteiger partial charge in [-0.05, 0) is 48.6 Å². The zero-order chi connectivity index (χ0) is 18.8. The number of nitrogens with one attached hydrogen (secondary N) is 2. The Morgan fingerprint density at radius 2 is 1.74 bits per heavy atom. The standard InChI is InChI=1S/C19H21ClN4O2S/c20-13-1-3-14(4-2-13)24-9-7-23(8-10-24)12-18(25)26-15-5-6-16-17(11-15)22-19(27)21-16/h1-6,11,18,25H,7-10,12H2,(H2,21,22,27)/t18-/m1/s1. The van der Waals surface area contributed by atoms with Gasteiger partial charge in [-0.25, -0.2) is 0 Å². The fourth-order valence-corrected chi connectivity index (χ4v) is 3.69. The molecule has 0 aliphatic carbocycles. The average molecular weight is 405 g/mol. The van der Waals surface area contributed by atoms with E-state index in [-0.39, 0.29) is 0 Å². The molecule has 1 atom stereocenters. The van der Waals surface area contributed by atoms with Gasteiger partial charge in [0.25, 0.3) is 0 Å². The van der Waals surface area contributed by atoms with Crippen molar-refractivity contribution < 1.29 is 9.84 Å². The number of hydrogen-bond acceptors (Lipinski definition) is 5. The lowest BCUT2D eigenvalue weighted by Crippen LogP contribution is -2.49. The SMILES string of the molecule is O[C@@H](CN1CCN(c2ccc(Cl)cc2)CC1)Oc1ccc2[nH]c(=S)[nH]c2c1. The number of aromatic amines is 2. The van der Waals surface area contributed by atoms with Crippen molar-refractivity contribution in [2.45, 2.75) is 6.29 Å². The zero-order valence-corrected chi connectivity index (χ0v) is 16.3. The van der Waals surface area contributed by atoms with Crippen molar-refractivity contribution in [1.82, 2.24) is 14.9 Å². The van der Waals surface area contributed by atoms with Gasteiger partial charge in [-0.3, -0.25) is 4.90 Å². The largest absolute Gasteiger partial charge is 0.464 e. The minimum Gasteiger partial charge on any atom is -0.464 e. The number of ether oxygens (including phenoxy) is 1. The van der Waals surface area contributed by atoms with E-state index in [1.165, 1.54) is 5.69 Å². The first-order valence-corrected chi connectivity index (χ1v) is 9.65. The molecule has 4 rings (SSSR count). The summed E-state index contributed by atoms with van der Waals surface area (Å²) in [5, 5.41) is 11.1. The normalized spacial score (nSPS) is 16.6. The fraction of sp³-hybridized carbons (Fsp3) is 0.316. The third kappa shape index (κ3) is 4.44. The molecule has 1 aliphatic heterocycles. The molecule has 3 N–H and O–H groups in total. The summed E-state index contributed by atoms with van der Waals surface area (Å²) in [6.45, 7) is 4.01. The Morgan fingerprint density at radius 1 is 1.04 bits per heavy atom. The highest BCUT2D eigenvalue weighted by molar-refractivity contribution is 7.71. The number of benzene rings is 2. The third-order valence-electron chi connectivity index (χ3n) is 4.74. The molecular formula is C19H21ClN4O2S. The number of fused-ring (bicyclic) bond motifs is 1. The van der Waals surface area contributed by atoms with Crippen molar-refractivity contribution in [3.8, 4) is 5.75 Å². The van der Waals surface area contributed by atoms with Crippen LogP contribution in [0, 0.1) is 4.77 Å². The molecule has 2 aromatic carbocycles. The van der Waals surface area contributed by atoms with Crippen molar-refractivity contribution in [2.24, 2.45) is 0 Å². The van der Waals surface area contributed by atoms with Crippen LogP contribution in [0.15, 0.2) is 42.5 Å². The third-order valence-corrected chi connectivity index (χ3v) is 5.19. The van der Waals surface area contributed by atoms with Gasteiger partial charge in [0.05, 0.1) is 17.6 Å². The first-order chi connectivity index (χ1) is 13.1. The van der Waals surface area contributed by atoms with Gasteiger partial charge in [-0.1, -0.05) is 11.6 Å². The predicted molar refractivity (Wildman–Crippen MR) is 110 cm³/mol. The van der Waals surface area contributed by atoms with Crippen molar-refractivity contribution in [1.29, 1.82) is 0 Å². The molecule has 8 heteroatoms. The van der Waals surface area contributed by atoms with Crippen LogP contribution in [0.25, 0.3) is 11.0 Å². The summed E-state index contributed by atoms with van der Waals surface area (Å²) in [4.78, 5) is 10.6. The Kier molecular flexibility index (Phi) is 5.36. The van der Waals surface area contributed by atoms with Crippen molar-refractivity contribution >= 4 is 40.5 Å². The summed E-state index contributed by atoms with van der Waals surface area (Å²) in [6, 6.07) is 13.4. The maximum absolute atomic E-state index is 10.3. The van der Waals surface area contributed by atoms with Gasteiger partial charge < -0.3 is 24.7 Å². The molecule has 1 aliphatic rings. The molecule has 1 fully saturated rings. The second-order valence-electron chi connectivity index (χ2n) is 6.62. The Balaban J connectivity index is 1.30. The number of H-pyrrole nitrogens is 2. The van der Waals surface area contributed by atoms with Crippen molar-refractivity contribution in [2.75, 3.05) is 37.6 Å². The topological polar surface area (TPSA) is 67.5 Å². The van der Waals surface area contributed by atoms with Gasteiger partial charge >= 0.3 is 0 Å². The van der Waals surface area contributed by atoms with Gasteiger partial charge in [0.1, 0.15) is 5.75 Å². The first kappa shape index (κ1) is 18.3. The molecule has 1 aromatic heterocycles. The minimum absolute atomic E-state index is 0.468. The number of aliphatic hydroxyl groups excluding tert-OH is 1. The van der Waals surface area contributed by atoms with Crippen LogP contribution in [0.4, 0.5) is 5.69 Å². The van der Waals surface area contributed by atoms with Crippen LogP contribution in [0.3, 0.4) is 0 Å². The molecule has 0 saturated carbocycles. The molecule has 3 aromatic rings. The number of anilines is 1. The summed E-state index contributed by atoms with van der Waals surface area (Å²) in [7, 11) is 0. The molecule has 6 nitrogen and oxygen atoms in total. The average Bonchev–Trinajstić information content (AvgIpc) is 3.02. The van der Waals surface area contributed by atoms with Crippen LogP contribution < -0.4 is 9.64 Å². The Labute approximate surface area is 167 Å². The Hall–Kier alpha value is -2.06. The Bertz CT molecular complexity index is 964. The molecule has 0 spiro atoms. The van der Waals surface area contributed by atoms with E-state index in [2.05, 4.69) is 19.8 Å². The lowest BCUT2D eigenvalue weighted by atomic mass is 10.2. The van der Waals surface area contributed by atoms with Crippen molar-refractivity contribution in [3.63, 3.8) is 0 Å². The number of piperazine rings is 1. The summed E-state index contributed by atoms with van der Waals surface area (Å²) in [6.07, 6.45) is -0.883. The molecule has 1 saturated heterocycles. The van der Waals surface area contributed by atoms with Gasteiger partial charge in [0.2, 0.25) is 6.29 Å². The van der Waals surface area contributed by atoms with E-state index >= 15 is 0 Å². The van der Waals surface area contributed by atoms with Crippen LogP contribution >= 0.6 is 23.8 Å². The van der Waals surface area contributed by atoms with Crippen LogP contribution in [0.2, 0.25) is 5.02 Å². The first-order valence-electron chi connectivity index (χ1n) is 8.86. The number of nitrogens with zero attached hydrogens (tertiary/aromatic N) is 2. The molecular weight excluding hydrogens is 384 g/mol. The monoisotopic (exact) mass is 404 g/mol. The smallest absolute Gasteiger partial charge is 0.210 e. The second-order valence-corrected chi connectivity index (χ2v) is 7.47. The van der Waals surface area contributed by atoms with Crippen LogP contribution in [-0.2, 0) is 0 Å². The maximum Gasteiger partial charge on any atom is 0.210 e. The van der Waals surface area contributed by atoms with E-state index in [9.17, 15) is 5.11 Å². The molecule has 0 radical (unpaired) electrons. The van der Waals surface area contributed by atoms with Crippen molar-refractivity contribution in [3.05, 3.63) is 52.3 Å². The van der Waals surface area contributed by atoms with Gasteiger partial charge in [0.15, 0.2) is 4.77 Å². The maximum atomic E-state index is 10.3. The highest BCUT2D eigenvalue weighted by atomic mass is 35.5. The number of aromatic nitrogens is 2. The van der Waals surface area contributed by atoms with E-state index in [0.29, 0.717) is 17.1 Å². The summed E-state index contributed by atoms with van der Waals surface area (Å²) in [5.41, 5.74) is 2.95. The molecule has 0 bridgehead atoms. The van der Waals surface area contributed by atoms with E-state index in [0.717, 1.165) is 42.2 Å². The number of rotatable bonds is 5. The zero-order valence-electron chi connectivity index (χ0n) is 14.7. The molecule has 142 valence electrons. The number of β-amino-alcohol motifs (C(OH)–C–C–N with tert-alkyl or cyclic N) is 1. The number of imidazole rings is 1. The highest BCUT2D eigenvalue weighted by Crippen LogP contribution is 2.21. The summed E-state index contributed by atoms with van der Waals surface area (Å²) < 4.78 is 6.25. The van der Waals surface area contributed by atoms with E-state index in [4.69, 9.17) is 28.6 Å². The predicted octanol–water partition coefficient (Wildman–Crippen LogP) is 3.40. The lowest BCUT2D eigenvalue weighted by molar-refractivity contribution is -0.0416. The number of halogens is 1. The lowest BCUT2D eigenvalue weighted by Gasteiger charge is -2.36. The number of aliphatic hydroxyl groups is 1. The molecule has 0 unspecified atom stereocenters. The summed E-state index contributed by atoms with van der Waals surface area (Å²) >= 11 is 11.0. The van der Waals surface area contributed by atoms with Crippen LogP contribution in [0.5, 0.6) is 5.75 Å². The van der Waals surface area contributed by atoms with E-state index in [1.807, 2.05) is 42.5 Å². The highest BCUT2D eigenvalue weighted by Gasteiger charge is 2.20. The number of hydrogen-bond donors (Lipinski definition) is 3. The Morgan fingerprint density at radius 3 is 2.48 bits per heavy atom. The molecule has 0 amide bonds. The quantitative estimate of drug-likeness (QED) is 0.449. The second kappa shape index (κ2) is 7.90.